The molecule has 0 radical (unpaired) electrons. The quantitative estimate of drug-likeness (QED) is 0.908. The van der Waals surface area contributed by atoms with Gasteiger partial charge in [-0.3, -0.25) is 9.59 Å². The molecule has 2 amide bonds. The SMILES string of the molecule is CCOc1ccc(N2C[C@@H](C(=O)NC3CCCC3)CC2=O)cc1. The predicted octanol–water partition coefficient (Wildman–Crippen LogP) is 2.50. The molecule has 1 atom stereocenters. The molecule has 23 heavy (non-hydrogen) atoms. The molecular formula is C18H24N2O3. The minimum absolute atomic E-state index is 0.0146. The van der Waals surface area contributed by atoms with Crippen molar-refractivity contribution in [1.82, 2.24) is 5.32 Å². The van der Waals surface area contributed by atoms with E-state index in [9.17, 15) is 9.59 Å². The summed E-state index contributed by atoms with van der Waals surface area (Å²) >= 11 is 0. The molecule has 1 aromatic rings. The van der Waals surface area contributed by atoms with E-state index >= 15 is 0 Å². The van der Waals surface area contributed by atoms with Crippen molar-refractivity contribution in [3.05, 3.63) is 24.3 Å². The maximum Gasteiger partial charge on any atom is 0.227 e. The summed E-state index contributed by atoms with van der Waals surface area (Å²) in [5.74, 6) is 0.590. The summed E-state index contributed by atoms with van der Waals surface area (Å²) in [5, 5.41) is 3.10. The fraction of sp³-hybridized carbons (Fsp3) is 0.556. The van der Waals surface area contributed by atoms with Crippen LogP contribution in [0, 0.1) is 5.92 Å². The van der Waals surface area contributed by atoms with E-state index in [0.29, 0.717) is 25.6 Å². The van der Waals surface area contributed by atoms with Crippen molar-refractivity contribution in [2.45, 2.75) is 45.1 Å². The number of nitrogens with zero attached hydrogens (tertiary/aromatic N) is 1. The third kappa shape index (κ3) is 3.66. The largest absolute Gasteiger partial charge is 0.494 e. The van der Waals surface area contributed by atoms with Crippen molar-refractivity contribution in [1.29, 1.82) is 0 Å². The zero-order valence-electron chi connectivity index (χ0n) is 13.6. The fourth-order valence-corrected chi connectivity index (χ4v) is 3.41. The molecule has 124 valence electrons. The number of benzene rings is 1. The molecule has 1 N–H and O–H groups in total. The molecule has 1 heterocycles. The second-order valence-corrected chi connectivity index (χ2v) is 6.32. The van der Waals surface area contributed by atoms with Gasteiger partial charge in [-0.15, -0.1) is 0 Å². The first-order chi connectivity index (χ1) is 11.2. The van der Waals surface area contributed by atoms with Crippen LogP contribution in [-0.4, -0.2) is 31.0 Å². The number of hydrogen-bond donors (Lipinski definition) is 1. The summed E-state index contributed by atoms with van der Waals surface area (Å²) in [7, 11) is 0. The average Bonchev–Trinajstić information content (AvgIpc) is 3.18. The number of anilines is 1. The highest BCUT2D eigenvalue weighted by atomic mass is 16.5. The lowest BCUT2D eigenvalue weighted by Gasteiger charge is -2.18. The molecule has 2 aliphatic rings. The van der Waals surface area contributed by atoms with E-state index in [1.807, 2.05) is 31.2 Å². The molecule has 1 saturated heterocycles. The molecule has 1 saturated carbocycles. The van der Waals surface area contributed by atoms with Crippen molar-refractivity contribution in [3.63, 3.8) is 0 Å². The Morgan fingerprint density at radius 2 is 1.96 bits per heavy atom. The number of carbonyl (C=O) groups excluding carboxylic acids is 2. The highest BCUT2D eigenvalue weighted by Crippen LogP contribution is 2.27. The zero-order chi connectivity index (χ0) is 16.2. The third-order valence-corrected chi connectivity index (χ3v) is 4.66. The monoisotopic (exact) mass is 316 g/mol. The Hall–Kier alpha value is -2.04. The van der Waals surface area contributed by atoms with E-state index in [4.69, 9.17) is 4.74 Å². The second kappa shape index (κ2) is 7.02. The summed E-state index contributed by atoms with van der Waals surface area (Å²) in [5.41, 5.74) is 0.828. The van der Waals surface area contributed by atoms with Gasteiger partial charge >= 0.3 is 0 Å². The molecule has 0 spiro atoms. The smallest absolute Gasteiger partial charge is 0.227 e. The standard InChI is InChI=1S/C18H24N2O3/c1-2-23-16-9-7-15(8-10-16)20-12-13(11-17(20)21)18(22)19-14-5-3-4-6-14/h7-10,13-14H,2-6,11-12H2,1H3,(H,19,22)/t13-/m0/s1. The molecule has 1 aliphatic heterocycles. The number of rotatable bonds is 5. The van der Waals surface area contributed by atoms with Crippen molar-refractivity contribution in [2.75, 3.05) is 18.1 Å². The molecule has 3 rings (SSSR count). The van der Waals surface area contributed by atoms with Gasteiger partial charge < -0.3 is 15.0 Å². The Labute approximate surface area is 137 Å². The van der Waals surface area contributed by atoms with Gasteiger partial charge in [0.05, 0.1) is 12.5 Å². The van der Waals surface area contributed by atoms with Gasteiger partial charge in [-0.1, -0.05) is 12.8 Å². The highest BCUT2D eigenvalue weighted by Gasteiger charge is 2.36. The van der Waals surface area contributed by atoms with E-state index in [1.54, 1.807) is 4.90 Å². The summed E-state index contributed by atoms with van der Waals surface area (Å²) in [4.78, 5) is 26.3. The first-order valence-corrected chi connectivity index (χ1v) is 8.51. The zero-order valence-corrected chi connectivity index (χ0v) is 13.6. The van der Waals surface area contributed by atoms with E-state index in [-0.39, 0.29) is 17.7 Å². The van der Waals surface area contributed by atoms with Crippen molar-refractivity contribution >= 4 is 17.5 Å². The second-order valence-electron chi connectivity index (χ2n) is 6.32. The van der Waals surface area contributed by atoms with Crippen LogP contribution in [0.2, 0.25) is 0 Å². The molecular weight excluding hydrogens is 292 g/mol. The number of hydrogen-bond acceptors (Lipinski definition) is 3. The maximum absolute atomic E-state index is 12.4. The van der Waals surface area contributed by atoms with Crippen LogP contribution in [0.15, 0.2) is 24.3 Å². The Balaban J connectivity index is 1.61. The Bertz CT molecular complexity index is 564. The Kier molecular flexibility index (Phi) is 4.84. The first kappa shape index (κ1) is 15.8. The molecule has 1 aliphatic carbocycles. The van der Waals surface area contributed by atoms with Crippen LogP contribution in [-0.2, 0) is 9.59 Å². The van der Waals surface area contributed by atoms with Gasteiger partial charge in [0, 0.05) is 24.7 Å². The van der Waals surface area contributed by atoms with Crippen LogP contribution in [0.1, 0.15) is 39.0 Å². The Morgan fingerprint density at radius 3 is 2.61 bits per heavy atom. The number of nitrogens with one attached hydrogen (secondary N) is 1. The molecule has 5 heteroatoms. The maximum atomic E-state index is 12.4. The van der Waals surface area contributed by atoms with Gasteiger partial charge in [-0.2, -0.15) is 0 Å². The van der Waals surface area contributed by atoms with E-state index in [0.717, 1.165) is 24.3 Å². The van der Waals surface area contributed by atoms with Gasteiger partial charge in [0.2, 0.25) is 11.8 Å². The summed E-state index contributed by atoms with van der Waals surface area (Å²) in [6.07, 6.45) is 4.80. The number of carbonyl (C=O) groups is 2. The lowest BCUT2D eigenvalue weighted by molar-refractivity contribution is -0.126. The number of ether oxygens (including phenoxy) is 1. The summed E-state index contributed by atoms with van der Waals surface area (Å²) < 4.78 is 5.42. The van der Waals surface area contributed by atoms with Gasteiger partial charge in [0.15, 0.2) is 0 Å². The lowest BCUT2D eigenvalue weighted by atomic mass is 10.1. The van der Waals surface area contributed by atoms with Gasteiger partial charge in [-0.25, -0.2) is 0 Å². The minimum atomic E-state index is -0.241. The van der Waals surface area contributed by atoms with Crippen molar-refractivity contribution in [2.24, 2.45) is 5.92 Å². The van der Waals surface area contributed by atoms with Gasteiger partial charge in [-0.05, 0) is 44.0 Å². The first-order valence-electron chi connectivity index (χ1n) is 8.51. The van der Waals surface area contributed by atoms with Crippen LogP contribution in [0.4, 0.5) is 5.69 Å². The van der Waals surface area contributed by atoms with Crippen LogP contribution in [0.3, 0.4) is 0 Å². The van der Waals surface area contributed by atoms with Gasteiger partial charge in [0.25, 0.3) is 0 Å². The molecule has 0 bridgehead atoms. The predicted molar refractivity (Wildman–Crippen MR) is 88.5 cm³/mol. The highest BCUT2D eigenvalue weighted by molar-refractivity contribution is 6.00. The third-order valence-electron chi connectivity index (χ3n) is 4.66. The van der Waals surface area contributed by atoms with Gasteiger partial charge in [0.1, 0.15) is 5.75 Å². The molecule has 2 fully saturated rings. The van der Waals surface area contributed by atoms with Crippen LogP contribution in [0.5, 0.6) is 5.75 Å². The average molecular weight is 316 g/mol. The lowest BCUT2D eigenvalue weighted by Crippen LogP contribution is -2.38. The normalized spacial score (nSPS) is 21.7. The van der Waals surface area contributed by atoms with Crippen LogP contribution >= 0.6 is 0 Å². The molecule has 5 nitrogen and oxygen atoms in total. The Morgan fingerprint density at radius 1 is 1.26 bits per heavy atom. The summed E-state index contributed by atoms with van der Waals surface area (Å²) in [6, 6.07) is 7.77. The van der Waals surface area contributed by atoms with Crippen molar-refractivity contribution in [3.8, 4) is 5.75 Å². The number of amides is 2. The molecule has 1 aromatic carbocycles. The minimum Gasteiger partial charge on any atom is -0.494 e. The van der Waals surface area contributed by atoms with Crippen LogP contribution < -0.4 is 15.0 Å². The van der Waals surface area contributed by atoms with Crippen LogP contribution in [0.25, 0.3) is 0 Å². The molecule has 0 aromatic heterocycles. The summed E-state index contributed by atoms with van der Waals surface area (Å²) in [6.45, 7) is 3.02. The topological polar surface area (TPSA) is 58.6 Å². The van der Waals surface area contributed by atoms with E-state index in [1.165, 1.54) is 12.8 Å². The fourth-order valence-electron chi connectivity index (χ4n) is 3.41. The van der Waals surface area contributed by atoms with E-state index in [2.05, 4.69) is 5.32 Å². The van der Waals surface area contributed by atoms with E-state index < -0.39 is 0 Å². The van der Waals surface area contributed by atoms with Crippen molar-refractivity contribution < 1.29 is 14.3 Å². The molecule has 0 unspecified atom stereocenters.